The Balaban J connectivity index is 2.35. The molecule has 0 aliphatic carbocycles. The molecule has 18 heavy (non-hydrogen) atoms. The lowest BCUT2D eigenvalue weighted by molar-refractivity contribution is -0.136. The van der Waals surface area contributed by atoms with Crippen molar-refractivity contribution in [1.82, 2.24) is 0 Å². The summed E-state index contributed by atoms with van der Waals surface area (Å²) in [6.45, 7) is 0. The molecule has 92 valence electrons. The molecule has 0 spiro atoms. The average molecular weight is 261 g/mol. The maximum Gasteiger partial charge on any atom is 0.303 e. The van der Waals surface area contributed by atoms with Crippen molar-refractivity contribution in [3.8, 4) is 11.1 Å². The van der Waals surface area contributed by atoms with Gasteiger partial charge in [0.1, 0.15) is 0 Å². The zero-order valence-corrected chi connectivity index (χ0v) is 10.5. The first-order valence-electron chi connectivity index (χ1n) is 5.72. The fourth-order valence-electron chi connectivity index (χ4n) is 1.92. The molecule has 0 radical (unpaired) electrons. The molecule has 2 nitrogen and oxygen atoms in total. The number of rotatable bonds is 4. The second-order valence-electron chi connectivity index (χ2n) is 4.06. The van der Waals surface area contributed by atoms with Crippen molar-refractivity contribution in [2.24, 2.45) is 0 Å². The Bertz CT molecular complexity index is 564. The van der Waals surface area contributed by atoms with E-state index in [9.17, 15) is 4.79 Å². The Morgan fingerprint density at radius 3 is 2.61 bits per heavy atom. The zero-order chi connectivity index (χ0) is 13.0. The van der Waals surface area contributed by atoms with Gasteiger partial charge in [-0.25, -0.2) is 0 Å². The van der Waals surface area contributed by atoms with Crippen LogP contribution >= 0.6 is 11.6 Å². The molecule has 0 saturated heterocycles. The molecule has 0 fully saturated rings. The predicted molar refractivity (Wildman–Crippen MR) is 72.8 cm³/mol. The molecule has 2 aromatic carbocycles. The van der Waals surface area contributed by atoms with Gasteiger partial charge in [-0.2, -0.15) is 0 Å². The van der Waals surface area contributed by atoms with Gasteiger partial charge in [0.15, 0.2) is 0 Å². The summed E-state index contributed by atoms with van der Waals surface area (Å²) in [5, 5.41) is 9.44. The summed E-state index contributed by atoms with van der Waals surface area (Å²) in [6.07, 6.45) is 0.662. The van der Waals surface area contributed by atoms with Gasteiger partial charge >= 0.3 is 5.97 Å². The van der Waals surface area contributed by atoms with Gasteiger partial charge in [-0.15, -0.1) is 0 Å². The van der Waals surface area contributed by atoms with Crippen LogP contribution in [0.1, 0.15) is 12.0 Å². The summed E-state index contributed by atoms with van der Waals surface area (Å²) >= 11 is 5.98. The van der Waals surface area contributed by atoms with Gasteiger partial charge in [0, 0.05) is 11.4 Å². The Hall–Kier alpha value is -1.80. The molecule has 0 unspecified atom stereocenters. The zero-order valence-electron chi connectivity index (χ0n) is 9.77. The van der Waals surface area contributed by atoms with Crippen LogP contribution in [0.2, 0.25) is 5.02 Å². The second-order valence-corrected chi connectivity index (χ2v) is 4.50. The first-order valence-corrected chi connectivity index (χ1v) is 6.10. The number of aryl methyl sites for hydroxylation is 1. The minimum absolute atomic E-state index is 0.136. The first kappa shape index (κ1) is 12.7. The monoisotopic (exact) mass is 260 g/mol. The lowest BCUT2D eigenvalue weighted by atomic mass is 9.97. The van der Waals surface area contributed by atoms with Crippen molar-refractivity contribution in [3.63, 3.8) is 0 Å². The van der Waals surface area contributed by atoms with Crippen LogP contribution in [0.4, 0.5) is 0 Å². The topological polar surface area (TPSA) is 37.3 Å². The molecule has 2 aromatic rings. The summed E-state index contributed by atoms with van der Waals surface area (Å²) in [4.78, 5) is 10.7. The third-order valence-electron chi connectivity index (χ3n) is 2.76. The molecule has 0 heterocycles. The summed E-state index contributed by atoms with van der Waals surface area (Å²) in [5.74, 6) is -0.782. The Kier molecular flexibility index (Phi) is 4.00. The highest BCUT2D eigenvalue weighted by atomic mass is 35.5. The van der Waals surface area contributed by atoms with E-state index in [1.807, 2.05) is 48.5 Å². The third kappa shape index (κ3) is 3.11. The smallest absolute Gasteiger partial charge is 0.303 e. The van der Waals surface area contributed by atoms with Gasteiger partial charge in [-0.05, 0) is 35.2 Å². The van der Waals surface area contributed by atoms with E-state index in [1.54, 1.807) is 0 Å². The van der Waals surface area contributed by atoms with E-state index in [0.29, 0.717) is 11.4 Å². The van der Waals surface area contributed by atoms with E-state index in [-0.39, 0.29) is 6.42 Å². The van der Waals surface area contributed by atoms with Crippen molar-refractivity contribution in [1.29, 1.82) is 0 Å². The van der Waals surface area contributed by atoms with Crippen LogP contribution in [0.3, 0.4) is 0 Å². The number of aliphatic carboxylic acids is 1. The third-order valence-corrected chi connectivity index (χ3v) is 3.00. The molecule has 0 aliphatic rings. The van der Waals surface area contributed by atoms with Crippen LogP contribution in [0, 0.1) is 0 Å². The highest BCUT2D eigenvalue weighted by Crippen LogP contribution is 2.26. The number of carboxylic acids is 1. The van der Waals surface area contributed by atoms with Crippen molar-refractivity contribution >= 4 is 17.6 Å². The van der Waals surface area contributed by atoms with Crippen LogP contribution in [0.25, 0.3) is 11.1 Å². The first-order chi connectivity index (χ1) is 8.66. The van der Waals surface area contributed by atoms with Crippen LogP contribution < -0.4 is 0 Å². The molecule has 3 heteroatoms. The minimum Gasteiger partial charge on any atom is -0.481 e. The number of hydrogen-bond donors (Lipinski definition) is 1. The molecule has 0 aliphatic heterocycles. The molecule has 0 amide bonds. The predicted octanol–water partition coefficient (Wildman–Crippen LogP) is 4.02. The van der Waals surface area contributed by atoms with E-state index < -0.39 is 5.97 Å². The standard InChI is InChI=1S/C15H13ClO2/c16-13-6-3-5-12(10-13)14-7-2-1-4-11(14)8-9-15(17)18/h1-7,10H,8-9H2,(H,17,18). The van der Waals surface area contributed by atoms with E-state index in [0.717, 1.165) is 16.7 Å². The molecular weight excluding hydrogens is 248 g/mol. The Morgan fingerprint density at radius 1 is 1.11 bits per heavy atom. The lowest BCUT2D eigenvalue weighted by Gasteiger charge is -2.09. The summed E-state index contributed by atoms with van der Waals surface area (Å²) in [7, 11) is 0. The minimum atomic E-state index is -0.782. The SMILES string of the molecule is O=C(O)CCc1ccccc1-c1cccc(Cl)c1. The number of halogens is 1. The average Bonchev–Trinajstić information content (AvgIpc) is 2.36. The molecule has 0 bridgehead atoms. The van der Waals surface area contributed by atoms with Crippen LogP contribution in [-0.2, 0) is 11.2 Å². The van der Waals surface area contributed by atoms with E-state index in [2.05, 4.69) is 0 Å². The van der Waals surface area contributed by atoms with Gasteiger partial charge < -0.3 is 5.11 Å². The number of hydrogen-bond acceptors (Lipinski definition) is 1. The lowest BCUT2D eigenvalue weighted by Crippen LogP contribution is -1.98. The summed E-state index contributed by atoms with van der Waals surface area (Å²) < 4.78 is 0. The van der Waals surface area contributed by atoms with Crippen LogP contribution in [0.15, 0.2) is 48.5 Å². The number of carbonyl (C=O) groups is 1. The van der Waals surface area contributed by atoms with Crippen LogP contribution in [-0.4, -0.2) is 11.1 Å². The van der Waals surface area contributed by atoms with E-state index in [4.69, 9.17) is 16.7 Å². The normalized spacial score (nSPS) is 10.3. The Morgan fingerprint density at radius 2 is 1.89 bits per heavy atom. The summed E-state index contributed by atoms with van der Waals surface area (Å²) in [6, 6.07) is 15.4. The highest BCUT2D eigenvalue weighted by molar-refractivity contribution is 6.30. The molecule has 0 aromatic heterocycles. The van der Waals surface area contributed by atoms with Crippen molar-refractivity contribution in [2.75, 3.05) is 0 Å². The Labute approximate surface area is 111 Å². The quantitative estimate of drug-likeness (QED) is 0.901. The van der Waals surface area contributed by atoms with Crippen LogP contribution in [0.5, 0.6) is 0 Å². The van der Waals surface area contributed by atoms with Crippen molar-refractivity contribution in [3.05, 3.63) is 59.1 Å². The molecule has 2 rings (SSSR count). The summed E-state index contributed by atoms with van der Waals surface area (Å²) in [5.41, 5.74) is 3.09. The maximum absolute atomic E-state index is 10.7. The van der Waals surface area contributed by atoms with Gasteiger partial charge in [-0.1, -0.05) is 48.0 Å². The largest absolute Gasteiger partial charge is 0.481 e. The fraction of sp³-hybridized carbons (Fsp3) is 0.133. The highest BCUT2D eigenvalue weighted by Gasteiger charge is 2.06. The van der Waals surface area contributed by atoms with Crippen molar-refractivity contribution in [2.45, 2.75) is 12.8 Å². The second kappa shape index (κ2) is 5.69. The van der Waals surface area contributed by atoms with E-state index >= 15 is 0 Å². The van der Waals surface area contributed by atoms with Gasteiger partial charge in [-0.3, -0.25) is 4.79 Å². The van der Waals surface area contributed by atoms with Gasteiger partial charge in [0.25, 0.3) is 0 Å². The van der Waals surface area contributed by atoms with Gasteiger partial charge in [0.2, 0.25) is 0 Å². The van der Waals surface area contributed by atoms with Gasteiger partial charge in [0.05, 0.1) is 0 Å². The van der Waals surface area contributed by atoms with E-state index in [1.165, 1.54) is 0 Å². The number of carboxylic acid groups (broad SMARTS) is 1. The molecule has 0 atom stereocenters. The van der Waals surface area contributed by atoms with Crippen molar-refractivity contribution < 1.29 is 9.90 Å². The number of benzene rings is 2. The maximum atomic E-state index is 10.7. The molecular formula is C15H13ClO2. The fourth-order valence-corrected chi connectivity index (χ4v) is 2.11. The molecule has 0 saturated carbocycles. The molecule has 1 N–H and O–H groups in total.